The zero-order chi connectivity index (χ0) is 12.3. The van der Waals surface area contributed by atoms with Crippen molar-refractivity contribution in [3.8, 4) is 0 Å². The predicted molar refractivity (Wildman–Crippen MR) is 66.3 cm³/mol. The Bertz CT molecular complexity index is 309. The summed E-state index contributed by atoms with van der Waals surface area (Å²) in [6.07, 6.45) is 0. The third-order valence-electron chi connectivity index (χ3n) is 2.15. The molecule has 1 aromatic rings. The molecule has 0 amide bonds. The minimum Gasteiger partial charge on any atom is -0.383 e. The summed E-state index contributed by atoms with van der Waals surface area (Å²) in [4.78, 5) is 0. The number of ether oxygens (including phenoxy) is 2. The Balaban J connectivity index is 2.49. The van der Waals surface area contributed by atoms with Crippen LogP contribution in [0, 0.1) is 0 Å². The maximum atomic E-state index is 5.02. The van der Waals surface area contributed by atoms with Gasteiger partial charge < -0.3 is 9.47 Å². The lowest BCUT2D eigenvalue weighted by Crippen LogP contribution is -2.25. The average molecular weight is 237 g/mol. The molecular weight excluding hydrogens is 218 g/mol. The molecule has 0 aliphatic carbocycles. The molecule has 0 aliphatic heterocycles. The Kier molecular flexibility index (Phi) is 6.93. The first-order valence-electron chi connectivity index (χ1n) is 5.56. The molecule has 0 radical (unpaired) electrons. The molecule has 0 saturated carbocycles. The average Bonchev–Trinajstić information content (AvgIpc) is 2.39. The van der Waals surface area contributed by atoms with Crippen molar-refractivity contribution < 1.29 is 9.47 Å². The molecule has 1 rings (SSSR count). The molecule has 5 heteroatoms. The Morgan fingerprint density at radius 1 is 1.00 bits per heavy atom. The lowest BCUT2D eigenvalue weighted by Gasteiger charge is -2.16. The molecule has 0 aliphatic rings. The number of nitrogens with zero attached hydrogens (tertiary/aromatic N) is 3. The lowest BCUT2D eigenvalue weighted by atomic mass is 10.3. The second-order valence-corrected chi connectivity index (χ2v) is 3.46. The number of hydrogen-bond donors (Lipinski definition) is 0. The molecule has 0 saturated heterocycles. The molecule has 0 spiro atoms. The van der Waals surface area contributed by atoms with E-state index in [9.17, 15) is 0 Å². The first kappa shape index (κ1) is 13.6. The number of hydrogen-bond acceptors (Lipinski definition) is 4. The van der Waals surface area contributed by atoms with E-state index < -0.39 is 0 Å². The molecule has 0 N–H and O–H groups in total. The largest absolute Gasteiger partial charge is 0.383 e. The molecule has 94 valence electrons. The van der Waals surface area contributed by atoms with E-state index in [0.29, 0.717) is 26.3 Å². The van der Waals surface area contributed by atoms with Gasteiger partial charge in [-0.25, -0.2) is 0 Å². The van der Waals surface area contributed by atoms with Gasteiger partial charge in [-0.15, -0.1) is 5.11 Å². The van der Waals surface area contributed by atoms with Gasteiger partial charge in [0.15, 0.2) is 0 Å². The molecule has 0 unspecified atom stereocenters. The van der Waals surface area contributed by atoms with E-state index in [-0.39, 0.29) is 0 Å². The van der Waals surface area contributed by atoms with Gasteiger partial charge in [-0.3, -0.25) is 5.01 Å². The van der Waals surface area contributed by atoms with Crippen LogP contribution in [0.15, 0.2) is 40.7 Å². The van der Waals surface area contributed by atoms with Gasteiger partial charge >= 0.3 is 0 Å². The van der Waals surface area contributed by atoms with E-state index in [2.05, 4.69) is 10.3 Å². The van der Waals surface area contributed by atoms with Crippen molar-refractivity contribution in [1.82, 2.24) is 5.01 Å². The fraction of sp³-hybridized carbons (Fsp3) is 0.500. The maximum absolute atomic E-state index is 5.02. The number of rotatable bonds is 8. The second-order valence-electron chi connectivity index (χ2n) is 3.46. The van der Waals surface area contributed by atoms with Crippen LogP contribution in [0.5, 0.6) is 0 Å². The highest BCUT2D eigenvalue weighted by Gasteiger charge is 2.00. The normalized spacial score (nSPS) is 10.9. The monoisotopic (exact) mass is 237 g/mol. The quantitative estimate of drug-likeness (QED) is 0.514. The summed E-state index contributed by atoms with van der Waals surface area (Å²) in [6.45, 7) is 2.65. The zero-order valence-corrected chi connectivity index (χ0v) is 10.4. The van der Waals surface area contributed by atoms with Crippen LogP contribution in [0.4, 0.5) is 5.69 Å². The molecule has 0 heterocycles. The first-order valence-corrected chi connectivity index (χ1v) is 5.56. The highest BCUT2D eigenvalue weighted by Crippen LogP contribution is 2.10. The van der Waals surface area contributed by atoms with Gasteiger partial charge in [-0.1, -0.05) is 23.4 Å². The summed E-state index contributed by atoms with van der Waals surface area (Å²) in [5.74, 6) is 0. The van der Waals surface area contributed by atoms with E-state index in [4.69, 9.17) is 9.47 Å². The summed E-state index contributed by atoms with van der Waals surface area (Å²) in [7, 11) is 3.34. The SMILES string of the molecule is COCCN(CCOC)N=Nc1ccccc1. The molecule has 17 heavy (non-hydrogen) atoms. The maximum Gasteiger partial charge on any atom is 0.0874 e. The van der Waals surface area contributed by atoms with E-state index in [1.54, 1.807) is 14.2 Å². The van der Waals surface area contributed by atoms with Gasteiger partial charge in [-0.05, 0) is 12.1 Å². The third kappa shape index (κ3) is 5.99. The van der Waals surface area contributed by atoms with Gasteiger partial charge in [0.05, 0.1) is 32.0 Å². The lowest BCUT2D eigenvalue weighted by molar-refractivity contribution is 0.111. The highest BCUT2D eigenvalue weighted by molar-refractivity contribution is 5.34. The van der Waals surface area contributed by atoms with Crippen molar-refractivity contribution in [2.75, 3.05) is 40.5 Å². The van der Waals surface area contributed by atoms with Crippen LogP contribution >= 0.6 is 0 Å². The second kappa shape index (κ2) is 8.66. The Morgan fingerprint density at radius 2 is 1.59 bits per heavy atom. The molecule has 5 nitrogen and oxygen atoms in total. The van der Waals surface area contributed by atoms with Gasteiger partial charge in [0.2, 0.25) is 0 Å². The van der Waals surface area contributed by atoms with Crippen molar-refractivity contribution in [3.05, 3.63) is 30.3 Å². The molecule has 0 aromatic heterocycles. The number of benzene rings is 1. The van der Waals surface area contributed by atoms with Gasteiger partial charge in [-0.2, -0.15) is 0 Å². The van der Waals surface area contributed by atoms with Crippen LogP contribution in [-0.4, -0.2) is 45.5 Å². The minimum absolute atomic E-state index is 0.623. The standard InChI is InChI=1S/C12H19N3O2/c1-16-10-8-15(9-11-17-2)14-13-12-6-4-3-5-7-12/h3-7H,8-11H2,1-2H3. The van der Waals surface area contributed by atoms with Crippen molar-refractivity contribution in [2.45, 2.75) is 0 Å². The summed E-state index contributed by atoms with van der Waals surface area (Å²) in [5, 5.41) is 10.2. The van der Waals surface area contributed by atoms with Crippen LogP contribution in [0.1, 0.15) is 0 Å². The molecule has 0 fully saturated rings. The Labute approximate surface area is 102 Å². The van der Waals surface area contributed by atoms with Crippen molar-refractivity contribution in [1.29, 1.82) is 0 Å². The van der Waals surface area contributed by atoms with Gasteiger partial charge in [0.1, 0.15) is 0 Å². The molecule has 0 atom stereocenters. The van der Waals surface area contributed by atoms with E-state index in [1.165, 1.54) is 0 Å². The van der Waals surface area contributed by atoms with E-state index in [0.717, 1.165) is 5.69 Å². The van der Waals surface area contributed by atoms with Crippen LogP contribution in [-0.2, 0) is 9.47 Å². The molecule has 1 aromatic carbocycles. The zero-order valence-electron chi connectivity index (χ0n) is 10.4. The summed E-state index contributed by atoms with van der Waals surface area (Å²) < 4.78 is 10.0. The van der Waals surface area contributed by atoms with Crippen LogP contribution in [0.3, 0.4) is 0 Å². The van der Waals surface area contributed by atoms with Crippen LogP contribution in [0.25, 0.3) is 0 Å². The van der Waals surface area contributed by atoms with Crippen LogP contribution in [0.2, 0.25) is 0 Å². The summed E-state index contributed by atoms with van der Waals surface area (Å²) in [6, 6.07) is 9.64. The molecule has 0 bridgehead atoms. The summed E-state index contributed by atoms with van der Waals surface area (Å²) in [5.41, 5.74) is 0.840. The minimum atomic E-state index is 0.623. The highest BCUT2D eigenvalue weighted by atomic mass is 16.5. The third-order valence-corrected chi connectivity index (χ3v) is 2.15. The Morgan fingerprint density at radius 3 is 2.12 bits per heavy atom. The van der Waals surface area contributed by atoms with Crippen molar-refractivity contribution in [2.24, 2.45) is 10.3 Å². The fourth-order valence-electron chi connectivity index (χ4n) is 1.20. The first-order chi connectivity index (χ1) is 8.36. The van der Waals surface area contributed by atoms with E-state index >= 15 is 0 Å². The van der Waals surface area contributed by atoms with Gasteiger partial charge in [0, 0.05) is 14.2 Å². The fourth-order valence-corrected chi connectivity index (χ4v) is 1.20. The molecular formula is C12H19N3O2. The van der Waals surface area contributed by atoms with E-state index in [1.807, 2.05) is 35.3 Å². The Hall–Kier alpha value is -1.46. The van der Waals surface area contributed by atoms with Gasteiger partial charge in [0.25, 0.3) is 0 Å². The van der Waals surface area contributed by atoms with Crippen molar-refractivity contribution >= 4 is 5.69 Å². The topological polar surface area (TPSA) is 46.4 Å². The predicted octanol–water partition coefficient (Wildman–Crippen LogP) is 2.28. The van der Waals surface area contributed by atoms with Crippen molar-refractivity contribution in [3.63, 3.8) is 0 Å². The van der Waals surface area contributed by atoms with Crippen LogP contribution < -0.4 is 0 Å². The number of methoxy groups -OCH3 is 2. The smallest absolute Gasteiger partial charge is 0.0874 e. The summed E-state index contributed by atoms with van der Waals surface area (Å²) >= 11 is 0.